The maximum atomic E-state index is 11.9. The number of carbonyl (C=O) groups excluding carboxylic acids is 1. The van der Waals surface area contributed by atoms with Gasteiger partial charge in [-0.1, -0.05) is 60.7 Å². The van der Waals surface area contributed by atoms with Gasteiger partial charge in [-0.15, -0.1) is 0 Å². The van der Waals surface area contributed by atoms with E-state index in [-0.39, 0.29) is 5.78 Å². The van der Waals surface area contributed by atoms with Gasteiger partial charge in [-0.3, -0.25) is 4.79 Å². The van der Waals surface area contributed by atoms with Gasteiger partial charge < -0.3 is 0 Å². The highest BCUT2D eigenvalue weighted by molar-refractivity contribution is 5.97. The topological polar surface area (TPSA) is 17.1 Å². The Kier molecular flexibility index (Phi) is 3.50. The summed E-state index contributed by atoms with van der Waals surface area (Å²) >= 11 is 0. The zero-order chi connectivity index (χ0) is 11.2. The fourth-order valence-corrected chi connectivity index (χ4v) is 1.65. The number of hydrogen-bond donors (Lipinski definition) is 0. The Hall–Kier alpha value is -1.89. The van der Waals surface area contributed by atoms with Crippen LogP contribution in [0.3, 0.4) is 0 Å². The first-order chi connectivity index (χ1) is 7.86. The molecule has 2 rings (SSSR count). The van der Waals surface area contributed by atoms with Crippen molar-refractivity contribution < 1.29 is 4.79 Å². The Bertz CT molecular complexity index is 450. The van der Waals surface area contributed by atoms with Crippen LogP contribution < -0.4 is 0 Å². The van der Waals surface area contributed by atoms with E-state index in [0.717, 1.165) is 17.6 Å². The molecule has 0 bridgehead atoms. The van der Waals surface area contributed by atoms with Gasteiger partial charge in [0.05, 0.1) is 0 Å². The molecule has 0 saturated carbocycles. The van der Waals surface area contributed by atoms with Gasteiger partial charge in [-0.2, -0.15) is 0 Å². The summed E-state index contributed by atoms with van der Waals surface area (Å²) in [6.07, 6.45) is 11.6. The zero-order valence-electron chi connectivity index (χ0n) is 9.10. The molecule has 0 atom stereocenters. The van der Waals surface area contributed by atoms with Gasteiger partial charge >= 0.3 is 0 Å². The van der Waals surface area contributed by atoms with Gasteiger partial charge in [0.2, 0.25) is 0 Å². The van der Waals surface area contributed by atoms with Crippen LogP contribution in [-0.2, 0) is 0 Å². The van der Waals surface area contributed by atoms with Gasteiger partial charge in [0.15, 0.2) is 5.78 Å². The SMILES string of the molecule is O=C(CC1=CC=CCC=C1)c1ccccc1. The fraction of sp³-hybridized carbons (Fsp3) is 0.133. The van der Waals surface area contributed by atoms with E-state index in [1.807, 2.05) is 48.6 Å². The maximum Gasteiger partial charge on any atom is 0.167 e. The normalized spacial score (nSPS) is 14.4. The second-order valence-electron chi connectivity index (χ2n) is 3.77. The smallest absolute Gasteiger partial charge is 0.167 e. The minimum absolute atomic E-state index is 0.173. The van der Waals surface area contributed by atoms with Crippen LogP contribution >= 0.6 is 0 Å². The average Bonchev–Trinajstić information content (AvgIpc) is 2.59. The summed E-state index contributed by atoms with van der Waals surface area (Å²) in [6, 6.07) is 9.43. The molecule has 0 heterocycles. The summed E-state index contributed by atoms with van der Waals surface area (Å²) in [4.78, 5) is 11.9. The number of ketones is 1. The van der Waals surface area contributed by atoms with Crippen LogP contribution in [0.4, 0.5) is 0 Å². The average molecular weight is 210 g/mol. The summed E-state index contributed by atoms with van der Waals surface area (Å²) in [5.74, 6) is 0.173. The standard InChI is InChI=1S/C15H14O/c16-15(14-10-6-3-7-11-14)12-13-8-4-1-2-5-9-13/h1,3-11H,2,12H2. The molecule has 1 aliphatic rings. The lowest BCUT2D eigenvalue weighted by molar-refractivity contribution is 0.0994. The van der Waals surface area contributed by atoms with Crippen molar-refractivity contribution in [2.75, 3.05) is 0 Å². The molecule has 1 aliphatic carbocycles. The Morgan fingerprint density at radius 2 is 1.94 bits per heavy atom. The first kappa shape index (κ1) is 10.6. The van der Waals surface area contributed by atoms with E-state index in [1.54, 1.807) is 0 Å². The third-order valence-electron chi connectivity index (χ3n) is 2.51. The van der Waals surface area contributed by atoms with Crippen LogP contribution in [0.5, 0.6) is 0 Å². The number of benzene rings is 1. The Balaban J connectivity index is 2.08. The van der Waals surface area contributed by atoms with Crippen molar-refractivity contribution in [3.05, 3.63) is 71.8 Å². The molecule has 0 radical (unpaired) electrons. The van der Waals surface area contributed by atoms with Crippen molar-refractivity contribution in [1.29, 1.82) is 0 Å². The van der Waals surface area contributed by atoms with Crippen LogP contribution in [0.15, 0.2) is 66.3 Å². The third kappa shape index (κ3) is 2.80. The minimum atomic E-state index is 0.173. The minimum Gasteiger partial charge on any atom is -0.294 e. The summed E-state index contributed by atoms with van der Waals surface area (Å²) in [5, 5.41) is 0. The van der Waals surface area contributed by atoms with Crippen molar-refractivity contribution in [2.24, 2.45) is 0 Å². The number of Topliss-reactive ketones (excluding diaryl/α,β-unsaturated/α-hetero) is 1. The molecule has 0 spiro atoms. The molecule has 0 aliphatic heterocycles. The lowest BCUT2D eigenvalue weighted by Gasteiger charge is -2.01. The highest BCUT2D eigenvalue weighted by atomic mass is 16.1. The van der Waals surface area contributed by atoms with E-state index >= 15 is 0 Å². The highest BCUT2D eigenvalue weighted by Crippen LogP contribution is 2.13. The van der Waals surface area contributed by atoms with Crippen molar-refractivity contribution >= 4 is 5.78 Å². The molecular formula is C15H14O. The molecule has 0 fully saturated rings. The predicted molar refractivity (Wildman–Crippen MR) is 66.4 cm³/mol. The van der Waals surface area contributed by atoms with Gasteiger partial charge in [-0.25, -0.2) is 0 Å². The Labute approximate surface area is 95.8 Å². The summed E-state index contributed by atoms with van der Waals surface area (Å²) in [7, 11) is 0. The van der Waals surface area contributed by atoms with E-state index in [9.17, 15) is 4.79 Å². The molecule has 0 saturated heterocycles. The highest BCUT2D eigenvalue weighted by Gasteiger charge is 2.06. The maximum absolute atomic E-state index is 11.9. The molecule has 1 heteroatoms. The van der Waals surface area contributed by atoms with E-state index in [1.165, 1.54) is 0 Å². The molecule has 1 aromatic rings. The van der Waals surface area contributed by atoms with Crippen molar-refractivity contribution in [3.63, 3.8) is 0 Å². The first-order valence-electron chi connectivity index (χ1n) is 5.47. The molecule has 80 valence electrons. The third-order valence-corrected chi connectivity index (χ3v) is 2.51. The van der Waals surface area contributed by atoms with Crippen LogP contribution in [0.1, 0.15) is 23.2 Å². The molecule has 16 heavy (non-hydrogen) atoms. The number of hydrogen-bond acceptors (Lipinski definition) is 1. The Morgan fingerprint density at radius 1 is 1.12 bits per heavy atom. The van der Waals surface area contributed by atoms with Crippen molar-refractivity contribution in [2.45, 2.75) is 12.8 Å². The lowest BCUT2D eigenvalue weighted by atomic mass is 10.0. The number of carbonyl (C=O) groups is 1. The quantitative estimate of drug-likeness (QED) is 0.695. The summed E-state index contributed by atoms with van der Waals surface area (Å²) in [5.41, 5.74) is 1.85. The van der Waals surface area contributed by atoms with Crippen LogP contribution in [0.25, 0.3) is 0 Å². The predicted octanol–water partition coefficient (Wildman–Crippen LogP) is 3.70. The van der Waals surface area contributed by atoms with E-state index in [0.29, 0.717) is 6.42 Å². The molecule has 0 aromatic heterocycles. The van der Waals surface area contributed by atoms with Crippen molar-refractivity contribution in [3.8, 4) is 0 Å². The molecule has 0 amide bonds. The van der Waals surface area contributed by atoms with E-state index < -0.39 is 0 Å². The van der Waals surface area contributed by atoms with E-state index in [4.69, 9.17) is 0 Å². The van der Waals surface area contributed by atoms with Gasteiger partial charge in [0.25, 0.3) is 0 Å². The van der Waals surface area contributed by atoms with E-state index in [2.05, 4.69) is 12.2 Å². The van der Waals surface area contributed by atoms with Gasteiger partial charge in [-0.05, 0) is 12.0 Å². The monoisotopic (exact) mass is 210 g/mol. The first-order valence-corrected chi connectivity index (χ1v) is 5.47. The molecular weight excluding hydrogens is 196 g/mol. The van der Waals surface area contributed by atoms with Gasteiger partial charge in [0.1, 0.15) is 0 Å². The zero-order valence-corrected chi connectivity index (χ0v) is 9.10. The largest absolute Gasteiger partial charge is 0.294 e. The number of rotatable bonds is 3. The van der Waals surface area contributed by atoms with Crippen LogP contribution in [0.2, 0.25) is 0 Å². The molecule has 0 unspecified atom stereocenters. The molecule has 1 nitrogen and oxygen atoms in total. The van der Waals surface area contributed by atoms with Crippen LogP contribution in [0, 0.1) is 0 Å². The summed E-state index contributed by atoms with van der Waals surface area (Å²) in [6.45, 7) is 0. The lowest BCUT2D eigenvalue weighted by Crippen LogP contribution is -1.99. The second kappa shape index (κ2) is 5.26. The Morgan fingerprint density at radius 3 is 2.75 bits per heavy atom. The second-order valence-corrected chi connectivity index (χ2v) is 3.77. The molecule has 0 N–H and O–H groups in total. The fourth-order valence-electron chi connectivity index (χ4n) is 1.65. The van der Waals surface area contributed by atoms with Gasteiger partial charge in [0, 0.05) is 12.0 Å². The van der Waals surface area contributed by atoms with Crippen molar-refractivity contribution in [1.82, 2.24) is 0 Å². The van der Waals surface area contributed by atoms with Crippen LogP contribution in [-0.4, -0.2) is 5.78 Å². The number of allylic oxidation sites excluding steroid dienone is 6. The molecule has 1 aromatic carbocycles. The summed E-state index contributed by atoms with van der Waals surface area (Å²) < 4.78 is 0.